The summed E-state index contributed by atoms with van der Waals surface area (Å²) in [5.74, 6) is -0.452. The minimum atomic E-state index is -1.17. The molecule has 0 radical (unpaired) electrons. The minimum absolute atomic E-state index is 0.0926. The molecule has 3 rings (SSSR count). The fourth-order valence-electron chi connectivity index (χ4n) is 2.86. The number of carbonyl (C=O) groups excluding carboxylic acids is 2. The maximum atomic E-state index is 12.2. The van der Waals surface area contributed by atoms with E-state index < -0.39 is 6.10 Å². The van der Waals surface area contributed by atoms with Crippen molar-refractivity contribution in [1.29, 1.82) is 0 Å². The highest BCUT2D eigenvalue weighted by Gasteiger charge is 2.34. The molecule has 0 bridgehead atoms. The first-order chi connectivity index (χ1) is 12.5. The Balaban J connectivity index is 1.40. The van der Waals surface area contributed by atoms with Crippen LogP contribution in [-0.2, 0) is 16.0 Å². The molecule has 2 amide bonds. The largest absolute Gasteiger partial charge is 0.378 e. The van der Waals surface area contributed by atoms with Gasteiger partial charge in [-0.3, -0.25) is 14.4 Å². The molecule has 1 atom stereocenters. The van der Waals surface area contributed by atoms with E-state index in [9.17, 15) is 19.5 Å². The average Bonchev–Trinajstić information content (AvgIpc) is 2.63. The van der Waals surface area contributed by atoms with E-state index in [1.165, 1.54) is 11.0 Å². The van der Waals surface area contributed by atoms with Crippen molar-refractivity contribution in [2.24, 2.45) is 0 Å². The summed E-state index contributed by atoms with van der Waals surface area (Å²) in [5, 5.41) is 13.0. The molecule has 7 nitrogen and oxygen atoms in total. The van der Waals surface area contributed by atoms with Crippen molar-refractivity contribution >= 4 is 11.8 Å². The first-order valence-electron chi connectivity index (χ1n) is 8.51. The van der Waals surface area contributed by atoms with Gasteiger partial charge in [0.15, 0.2) is 6.10 Å². The Morgan fingerprint density at radius 2 is 1.92 bits per heavy atom. The zero-order valence-corrected chi connectivity index (χ0v) is 14.2. The van der Waals surface area contributed by atoms with Gasteiger partial charge < -0.3 is 20.3 Å². The second-order valence-electron chi connectivity index (χ2n) is 6.38. The van der Waals surface area contributed by atoms with E-state index in [1.54, 1.807) is 36.5 Å². The minimum Gasteiger partial charge on any atom is -0.378 e. The van der Waals surface area contributed by atoms with Crippen LogP contribution in [-0.4, -0.2) is 45.9 Å². The summed E-state index contributed by atoms with van der Waals surface area (Å²) in [6.45, 7) is 0.792. The van der Waals surface area contributed by atoms with Crippen molar-refractivity contribution < 1.29 is 14.7 Å². The molecule has 2 aromatic rings. The third-order valence-corrected chi connectivity index (χ3v) is 4.40. The Morgan fingerprint density at radius 3 is 2.58 bits per heavy atom. The molecule has 136 valence electrons. The molecule has 1 aliphatic rings. The first-order valence-corrected chi connectivity index (χ1v) is 8.51. The number of nitrogens with one attached hydrogen (secondary N) is 2. The van der Waals surface area contributed by atoms with Gasteiger partial charge in [-0.05, 0) is 17.5 Å². The fraction of sp³-hybridized carbons (Fsp3) is 0.316. The average molecular weight is 355 g/mol. The second-order valence-corrected chi connectivity index (χ2v) is 6.38. The fourth-order valence-corrected chi connectivity index (χ4v) is 2.86. The summed E-state index contributed by atoms with van der Waals surface area (Å²) < 4.78 is 0. The molecule has 1 fully saturated rings. The molecule has 3 N–H and O–H groups in total. The number of nitrogens with zero attached hydrogens (tertiary/aromatic N) is 1. The lowest BCUT2D eigenvalue weighted by molar-refractivity contribution is -0.146. The summed E-state index contributed by atoms with van der Waals surface area (Å²) >= 11 is 0. The van der Waals surface area contributed by atoms with Crippen LogP contribution in [0.4, 0.5) is 0 Å². The zero-order chi connectivity index (χ0) is 18.5. The maximum absolute atomic E-state index is 12.2. The van der Waals surface area contributed by atoms with Gasteiger partial charge in [-0.2, -0.15) is 0 Å². The summed E-state index contributed by atoms with van der Waals surface area (Å²) in [4.78, 5) is 39.3. The molecule has 0 aliphatic carbocycles. The van der Waals surface area contributed by atoms with Crippen molar-refractivity contribution in [2.75, 3.05) is 13.1 Å². The van der Waals surface area contributed by atoms with Crippen molar-refractivity contribution in [2.45, 2.75) is 25.0 Å². The molecular formula is C19H21N3O4. The number of hydrogen-bond donors (Lipinski definition) is 3. The van der Waals surface area contributed by atoms with Crippen LogP contribution >= 0.6 is 0 Å². The maximum Gasteiger partial charge on any atom is 0.256 e. The highest BCUT2D eigenvalue weighted by atomic mass is 16.3. The van der Waals surface area contributed by atoms with Gasteiger partial charge in [0.25, 0.3) is 5.91 Å². The van der Waals surface area contributed by atoms with E-state index in [0.29, 0.717) is 31.5 Å². The monoisotopic (exact) mass is 355 g/mol. The molecule has 1 aromatic heterocycles. The number of amides is 2. The molecule has 1 saturated heterocycles. The van der Waals surface area contributed by atoms with E-state index in [2.05, 4.69) is 10.3 Å². The van der Waals surface area contributed by atoms with Crippen LogP contribution in [0.5, 0.6) is 0 Å². The number of likely N-dealkylation sites (tertiary alicyclic amines) is 1. The SMILES string of the molecule is O=C(CCc1ccc(=O)[nH]c1)NC1CN(C(=O)[C@H](O)c2ccccc2)C1. The number of benzene rings is 1. The Labute approximate surface area is 150 Å². The smallest absolute Gasteiger partial charge is 0.256 e. The number of aryl methyl sites for hydroxylation is 1. The molecule has 1 aromatic carbocycles. The van der Waals surface area contributed by atoms with Crippen LogP contribution in [0.2, 0.25) is 0 Å². The van der Waals surface area contributed by atoms with Gasteiger partial charge >= 0.3 is 0 Å². The Morgan fingerprint density at radius 1 is 1.19 bits per heavy atom. The van der Waals surface area contributed by atoms with Crippen LogP contribution < -0.4 is 10.9 Å². The normalized spacial score (nSPS) is 15.2. The standard InChI is InChI=1S/C19H21N3O4/c23-16-8-6-13(10-20-16)7-9-17(24)21-15-11-22(12-15)19(26)18(25)14-4-2-1-3-5-14/h1-6,8,10,15,18,25H,7,9,11-12H2,(H,20,23)(H,21,24)/t18-/m1/s1. The molecule has 2 heterocycles. The van der Waals surface area contributed by atoms with Crippen molar-refractivity contribution in [1.82, 2.24) is 15.2 Å². The van der Waals surface area contributed by atoms with Crippen molar-refractivity contribution in [3.05, 3.63) is 70.1 Å². The molecule has 0 saturated carbocycles. The van der Waals surface area contributed by atoms with E-state index in [-0.39, 0.29) is 23.4 Å². The van der Waals surface area contributed by atoms with E-state index in [4.69, 9.17) is 0 Å². The van der Waals surface area contributed by atoms with Crippen LogP contribution in [0, 0.1) is 0 Å². The lowest BCUT2D eigenvalue weighted by atomic mass is 10.0. The van der Waals surface area contributed by atoms with E-state index in [1.807, 2.05) is 6.07 Å². The number of carbonyl (C=O) groups is 2. The number of aromatic amines is 1. The number of rotatable bonds is 6. The van der Waals surface area contributed by atoms with Crippen molar-refractivity contribution in [3.8, 4) is 0 Å². The highest BCUT2D eigenvalue weighted by Crippen LogP contribution is 2.19. The number of hydrogen-bond acceptors (Lipinski definition) is 4. The van der Waals surface area contributed by atoms with Gasteiger partial charge in [-0.15, -0.1) is 0 Å². The number of aromatic nitrogens is 1. The Hall–Kier alpha value is -2.93. The Kier molecular flexibility index (Phi) is 5.48. The van der Waals surface area contributed by atoms with Gasteiger partial charge in [0.2, 0.25) is 11.5 Å². The first kappa shape index (κ1) is 17.9. The second kappa shape index (κ2) is 7.97. The zero-order valence-electron chi connectivity index (χ0n) is 14.2. The molecular weight excluding hydrogens is 334 g/mol. The number of aliphatic hydroxyl groups is 1. The Bertz CT molecular complexity index is 808. The quantitative estimate of drug-likeness (QED) is 0.696. The van der Waals surface area contributed by atoms with Gasteiger partial charge in [0, 0.05) is 31.8 Å². The summed E-state index contributed by atoms with van der Waals surface area (Å²) in [6, 6.07) is 11.8. The lowest BCUT2D eigenvalue weighted by Crippen LogP contribution is -2.61. The van der Waals surface area contributed by atoms with Gasteiger partial charge in [-0.1, -0.05) is 36.4 Å². The molecule has 7 heteroatoms. The van der Waals surface area contributed by atoms with E-state index >= 15 is 0 Å². The summed E-state index contributed by atoms with van der Waals surface area (Å²) in [7, 11) is 0. The van der Waals surface area contributed by atoms with Crippen LogP contribution in [0.3, 0.4) is 0 Å². The predicted octanol–water partition coefficient (Wildman–Crippen LogP) is 0.368. The predicted molar refractivity (Wildman–Crippen MR) is 95.3 cm³/mol. The number of H-pyrrole nitrogens is 1. The lowest BCUT2D eigenvalue weighted by Gasteiger charge is -2.40. The topological polar surface area (TPSA) is 103 Å². The molecule has 0 spiro atoms. The van der Waals surface area contributed by atoms with E-state index in [0.717, 1.165) is 5.56 Å². The summed E-state index contributed by atoms with van der Waals surface area (Å²) in [5.41, 5.74) is 1.28. The number of aliphatic hydroxyl groups excluding tert-OH is 1. The van der Waals surface area contributed by atoms with Crippen LogP contribution in [0.1, 0.15) is 23.7 Å². The van der Waals surface area contributed by atoms with Gasteiger partial charge in [-0.25, -0.2) is 0 Å². The van der Waals surface area contributed by atoms with Crippen LogP contribution in [0.15, 0.2) is 53.5 Å². The third kappa shape index (κ3) is 4.37. The summed E-state index contributed by atoms with van der Waals surface area (Å²) in [6.07, 6.45) is 1.27. The number of pyridine rings is 1. The van der Waals surface area contributed by atoms with Gasteiger partial charge in [0.05, 0.1) is 6.04 Å². The molecule has 1 aliphatic heterocycles. The molecule has 26 heavy (non-hydrogen) atoms. The van der Waals surface area contributed by atoms with Crippen molar-refractivity contribution in [3.63, 3.8) is 0 Å². The van der Waals surface area contributed by atoms with Crippen LogP contribution in [0.25, 0.3) is 0 Å². The third-order valence-electron chi connectivity index (χ3n) is 4.40. The molecule has 0 unspecified atom stereocenters. The van der Waals surface area contributed by atoms with Gasteiger partial charge in [0.1, 0.15) is 0 Å². The highest BCUT2D eigenvalue weighted by molar-refractivity contribution is 5.83.